The van der Waals surface area contributed by atoms with E-state index >= 15 is 0 Å². The van der Waals surface area contributed by atoms with Gasteiger partial charge in [0.05, 0.1) is 18.5 Å². The second kappa shape index (κ2) is 9.91. The fourth-order valence-corrected chi connectivity index (χ4v) is 4.59. The van der Waals surface area contributed by atoms with E-state index < -0.39 is 10.0 Å². The third-order valence-electron chi connectivity index (χ3n) is 5.50. The predicted octanol–water partition coefficient (Wildman–Crippen LogP) is 2.87. The molecule has 1 amide bonds. The molecule has 0 atom stereocenters. The molecule has 0 aliphatic carbocycles. The lowest BCUT2D eigenvalue weighted by Gasteiger charge is -2.35. The number of halogens is 1. The monoisotopic (exact) mass is 463 g/mol. The molecule has 2 aromatic rings. The average molecular weight is 464 g/mol. The summed E-state index contributed by atoms with van der Waals surface area (Å²) in [5.74, 6) is -0.456. The van der Waals surface area contributed by atoms with Crippen LogP contribution in [0, 0.1) is 0 Å². The van der Waals surface area contributed by atoms with Gasteiger partial charge in [0.15, 0.2) is 5.78 Å². The van der Waals surface area contributed by atoms with Gasteiger partial charge in [0.2, 0.25) is 15.9 Å². The fourth-order valence-electron chi connectivity index (χ4n) is 3.66. The van der Waals surface area contributed by atoms with Crippen LogP contribution < -0.4 is 5.32 Å². The van der Waals surface area contributed by atoms with E-state index in [1.54, 1.807) is 49.5 Å². The maximum Gasteiger partial charge on any atom is 0.238 e. The molecule has 1 saturated heterocycles. The van der Waals surface area contributed by atoms with Gasteiger partial charge in [0.1, 0.15) is 0 Å². The van der Waals surface area contributed by atoms with Gasteiger partial charge < -0.3 is 5.32 Å². The van der Waals surface area contributed by atoms with Gasteiger partial charge in [0.25, 0.3) is 0 Å². The molecule has 31 heavy (non-hydrogen) atoms. The quantitative estimate of drug-likeness (QED) is 0.638. The van der Waals surface area contributed by atoms with Crippen LogP contribution in [0.3, 0.4) is 0 Å². The molecular formula is C22H26ClN3O4S. The van der Waals surface area contributed by atoms with Gasteiger partial charge in [0, 0.05) is 42.3 Å². The normalized spacial score (nSPS) is 15.7. The van der Waals surface area contributed by atoms with E-state index in [2.05, 4.69) is 5.32 Å². The Labute approximate surface area is 188 Å². The van der Waals surface area contributed by atoms with Crippen LogP contribution >= 0.6 is 11.6 Å². The first kappa shape index (κ1) is 23.4. The SMILES string of the molecule is CN(C1CCN(CC(=O)Nc2ccc(Cl)cc2C(=O)c2ccccc2)CC1)S(C)(=O)=O. The molecule has 2 aromatic carbocycles. The molecule has 1 N–H and O–H groups in total. The van der Waals surface area contributed by atoms with Crippen molar-refractivity contribution in [1.82, 2.24) is 9.21 Å². The second-order valence-corrected chi connectivity index (χ2v) is 10.2. The summed E-state index contributed by atoms with van der Waals surface area (Å²) < 4.78 is 24.8. The standard InChI is InChI=1S/C22H26ClN3O4S/c1-25(31(2,29)30)18-10-12-26(13-11-18)15-21(27)24-20-9-8-17(23)14-19(20)22(28)16-6-4-3-5-7-16/h3-9,14,18H,10-13,15H2,1-2H3,(H,24,27). The molecule has 0 radical (unpaired) electrons. The lowest BCUT2D eigenvalue weighted by Crippen LogP contribution is -2.47. The summed E-state index contributed by atoms with van der Waals surface area (Å²) in [5.41, 5.74) is 1.26. The Balaban J connectivity index is 1.63. The summed E-state index contributed by atoms with van der Waals surface area (Å²) in [6.07, 6.45) is 2.53. The lowest BCUT2D eigenvalue weighted by molar-refractivity contribution is -0.117. The molecule has 166 valence electrons. The van der Waals surface area contributed by atoms with Crippen molar-refractivity contribution >= 4 is 39.0 Å². The molecule has 1 fully saturated rings. The van der Waals surface area contributed by atoms with Crippen molar-refractivity contribution in [2.75, 3.05) is 38.3 Å². The summed E-state index contributed by atoms with van der Waals surface area (Å²) in [5, 5.41) is 3.24. The van der Waals surface area contributed by atoms with Crippen molar-refractivity contribution in [3.05, 3.63) is 64.7 Å². The number of likely N-dealkylation sites (tertiary alicyclic amines) is 1. The molecule has 9 heteroatoms. The number of hydrogen-bond acceptors (Lipinski definition) is 5. The van der Waals surface area contributed by atoms with Gasteiger partial charge in [-0.3, -0.25) is 14.5 Å². The van der Waals surface area contributed by atoms with Crippen molar-refractivity contribution in [2.24, 2.45) is 0 Å². The molecule has 0 aromatic heterocycles. The third-order valence-corrected chi connectivity index (χ3v) is 7.08. The van der Waals surface area contributed by atoms with E-state index in [0.717, 1.165) is 0 Å². The third kappa shape index (κ3) is 6.13. The minimum absolute atomic E-state index is 0.0549. The molecule has 0 bridgehead atoms. The van der Waals surface area contributed by atoms with Gasteiger partial charge >= 0.3 is 0 Å². The van der Waals surface area contributed by atoms with E-state index in [0.29, 0.717) is 47.8 Å². The van der Waals surface area contributed by atoms with Crippen LogP contribution in [-0.4, -0.2) is 68.3 Å². The Bertz CT molecular complexity index is 1050. The van der Waals surface area contributed by atoms with Crippen LogP contribution in [-0.2, 0) is 14.8 Å². The minimum Gasteiger partial charge on any atom is -0.324 e. The largest absolute Gasteiger partial charge is 0.324 e. The number of ketones is 1. The van der Waals surface area contributed by atoms with Crippen molar-refractivity contribution in [3.63, 3.8) is 0 Å². The first-order valence-corrected chi connectivity index (χ1v) is 12.2. The van der Waals surface area contributed by atoms with Gasteiger partial charge in [-0.1, -0.05) is 41.9 Å². The number of sulfonamides is 1. The zero-order chi connectivity index (χ0) is 22.6. The van der Waals surface area contributed by atoms with E-state index in [4.69, 9.17) is 11.6 Å². The zero-order valence-corrected chi connectivity index (χ0v) is 19.1. The van der Waals surface area contributed by atoms with E-state index in [1.165, 1.54) is 10.6 Å². The number of carbonyl (C=O) groups is 2. The minimum atomic E-state index is -3.23. The van der Waals surface area contributed by atoms with Gasteiger partial charge in [-0.15, -0.1) is 0 Å². The second-order valence-electron chi connectivity index (χ2n) is 7.72. The first-order valence-electron chi connectivity index (χ1n) is 9.99. The number of nitrogens with zero attached hydrogens (tertiary/aromatic N) is 2. The highest BCUT2D eigenvalue weighted by molar-refractivity contribution is 7.88. The number of amides is 1. The molecule has 1 aliphatic heterocycles. The van der Waals surface area contributed by atoms with Crippen LogP contribution in [0.4, 0.5) is 5.69 Å². The highest BCUT2D eigenvalue weighted by Gasteiger charge is 2.28. The summed E-state index contributed by atoms with van der Waals surface area (Å²) >= 11 is 6.09. The number of rotatable bonds is 7. The van der Waals surface area contributed by atoms with Gasteiger partial charge in [-0.05, 0) is 31.0 Å². The summed E-state index contributed by atoms with van der Waals surface area (Å²) in [6, 6.07) is 13.6. The van der Waals surface area contributed by atoms with Crippen molar-refractivity contribution in [3.8, 4) is 0 Å². The van der Waals surface area contributed by atoms with Crippen LogP contribution in [0.1, 0.15) is 28.8 Å². The molecule has 0 unspecified atom stereocenters. The van der Waals surface area contributed by atoms with E-state index in [-0.39, 0.29) is 24.3 Å². The first-order chi connectivity index (χ1) is 14.6. The Hall–Kier alpha value is -2.26. The number of hydrogen-bond donors (Lipinski definition) is 1. The maximum absolute atomic E-state index is 12.9. The van der Waals surface area contributed by atoms with Crippen molar-refractivity contribution in [2.45, 2.75) is 18.9 Å². The Morgan fingerprint density at radius 3 is 2.39 bits per heavy atom. The van der Waals surface area contributed by atoms with Crippen LogP contribution in [0.15, 0.2) is 48.5 Å². The Morgan fingerprint density at radius 2 is 1.77 bits per heavy atom. The van der Waals surface area contributed by atoms with Crippen molar-refractivity contribution in [1.29, 1.82) is 0 Å². The smallest absolute Gasteiger partial charge is 0.238 e. The van der Waals surface area contributed by atoms with Crippen LogP contribution in [0.25, 0.3) is 0 Å². The number of carbonyl (C=O) groups excluding carboxylic acids is 2. The molecular weight excluding hydrogens is 438 g/mol. The molecule has 1 aliphatic rings. The van der Waals surface area contributed by atoms with Crippen LogP contribution in [0.2, 0.25) is 5.02 Å². The maximum atomic E-state index is 12.9. The molecule has 0 saturated carbocycles. The molecule has 1 heterocycles. The van der Waals surface area contributed by atoms with Gasteiger partial charge in [-0.2, -0.15) is 0 Å². The van der Waals surface area contributed by atoms with Crippen LogP contribution in [0.5, 0.6) is 0 Å². The fraction of sp³-hybridized carbons (Fsp3) is 0.364. The number of anilines is 1. The van der Waals surface area contributed by atoms with Gasteiger partial charge in [-0.25, -0.2) is 12.7 Å². The van der Waals surface area contributed by atoms with E-state index in [9.17, 15) is 18.0 Å². The molecule has 0 spiro atoms. The van der Waals surface area contributed by atoms with Crippen molar-refractivity contribution < 1.29 is 18.0 Å². The zero-order valence-electron chi connectivity index (χ0n) is 17.5. The Morgan fingerprint density at radius 1 is 1.13 bits per heavy atom. The summed E-state index contributed by atoms with van der Waals surface area (Å²) in [7, 11) is -1.64. The Kier molecular flexibility index (Phi) is 7.48. The van der Waals surface area contributed by atoms with E-state index in [1.807, 2.05) is 11.0 Å². The topological polar surface area (TPSA) is 86.8 Å². The molecule has 3 rings (SSSR count). The number of nitrogens with one attached hydrogen (secondary N) is 1. The molecule has 7 nitrogen and oxygen atoms in total. The number of piperidine rings is 1. The lowest BCUT2D eigenvalue weighted by atomic mass is 10.0. The predicted molar refractivity (Wildman–Crippen MR) is 122 cm³/mol. The highest BCUT2D eigenvalue weighted by atomic mass is 35.5. The average Bonchev–Trinajstić information content (AvgIpc) is 2.74. The number of benzene rings is 2. The summed E-state index contributed by atoms with van der Waals surface area (Å²) in [4.78, 5) is 27.5. The summed E-state index contributed by atoms with van der Waals surface area (Å²) in [6.45, 7) is 1.40. The highest BCUT2D eigenvalue weighted by Crippen LogP contribution is 2.24.